The maximum atomic E-state index is 13.9. The third-order valence-electron chi connectivity index (χ3n) is 6.29. The third kappa shape index (κ3) is 7.68. The van der Waals surface area contributed by atoms with Crippen molar-refractivity contribution in [1.82, 2.24) is 10.2 Å². The van der Waals surface area contributed by atoms with Crippen molar-refractivity contribution in [3.05, 3.63) is 87.9 Å². The molecule has 0 aliphatic heterocycles. The molecule has 8 nitrogen and oxygen atoms in total. The zero-order valence-corrected chi connectivity index (χ0v) is 25.2. The molecule has 0 saturated heterocycles. The molecule has 0 saturated carbocycles. The van der Waals surface area contributed by atoms with Crippen LogP contribution in [0.3, 0.4) is 0 Å². The average Bonchev–Trinajstić information content (AvgIpc) is 2.94. The quantitative estimate of drug-likeness (QED) is 0.296. The minimum absolute atomic E-state index is 0.0163. The number of methoxy groups -OCH3 is 1. The third-order valence-corrected chi connectivity index (χ3v) is 8.62. The molecule has 1 N–H and O–H groups in total. The molecule has 40 heavy (non-hydrogen) atoms. The van der Waals surface area contributed by atoms with E-state index in [1.54, 1.807) is 50.4 Å². The van der Waals surface area contributed by atoms with E-state index in [2.05, 4.69) is 5.32 Å². The Balaban J connectivity index is 2.05. The maximum Gasteiger partial charge on any atom is 0.264 e. The maximum absolute atomic E-state index is 13.9. The van der Waals surface area contributed by atoms with E-state index in [0.29, 0.717) is 12.3 Å². The van der Waals surface area contributed by atoms with Gasteiger partial charge in [0.1, 0.15) is 18.3 Å². The van der Waals surface area contributed by atoms with Crippen molar-refractivity contribution in [3.63, 3.8) is 0 Å². The molecule has 3 rings (SSSR count). The van der Waals surface area contributed by atoms with E-state index in [1.165, 1.54) is 35.2 Å². The fraction of sp³-hybridized carbons (Fsp3) is 0.310. The van der Waals surface area contributed by atoms with Gasteiger partial charge >= 0.3 is 0 Å². The van der Waals surface area contributed by atoms with Crippen LogP contribution in [-0.4, -0.2) is 51.4 Å². The molecule has 1 atom stereocenters. The van der Waals surface area contributed by atoms with Gasteiger partial charge in [0.25, 0.3) is 10.0 Å². The Labute approximate surface area is 245 Å². The minimum Gasteiger partial charge on any atom is -0.497 e. The number of carbonyl (C=O) groups is 2. The van der Waals surface area contributed by atoms with E-state index >= 15 is 0 Å². The minimum atomic E-state index is -4.26. The summed E-state index contributed by atoms with van der Waals surface area (Å²) in [7, 11) is -2.70. The molecule has 11 heteroatoms. The second-order valence-electron chi connectivity index (χ2n) is 9.26. The molecular weight excluding hydrogens is 573 g/mol. The highest BCUT2D eigenvalue weighted by molar-refractivity contribution is 7.92. The van der Waals surface area contributed by atoms with Gasteiger partial charge in [-0.2, -0.15) is 0 Å². The van der Waals surface area contributed by atoms with Crippen LogP contribution in [0.15, 0.2) is 71.6 Å². The van der Waals surface area contributed by atoms with Crippen molar-refractivity contribution in [2.45, 2.75) is 44.7 Å². The number of nitrogens with one attached hydrogen (secondary N) is 1. The molecule has 0 aromatic heterocycles. The molecule has 0 heterocycles. The summed E-state index contributed by atoms with van der Waals surface area (Å²) < 4.78 is 34.0. The molecule has 0 aliphatic rings. The van der Waals surface area contributed by atoms with Crippen LogP contribution in [0.2, 0.25) is 10.0 Å². The summed E-state index contributed by atoms with van der Waals surface area (Å²) in [5.41, 5.74) is 1.66. The number of rotatable bonds is 12. The Bertz CT molecular complexity index is 1430. The summed E-state index contributed by atoms with van der Waals surface area (Å²) in [5, 5.41) is 3.16. The fourth-order valence-electron chi connectivity index (χ4n) is 3.93. The van der Waals surface area contributed by atoms with Crippen LogP contribution in [0.25, 0.3) is 0 Å². The first-order valence-electron chi connectivity index (χ1n) is 12.7. The molecule has 0 fully saturated rings. The van der Waals surface area contributed by atoms with E-state index in [4.69, 9.17) is 27.9 Å². The van der Waals surface area contributed by atoms with E-state index in [1.807, 2.05) is 13.8 Å². The topological polar surface area (TPSA) is 96.0 Å². The van der Waals surface area contributed by atoms with E-state index < -0.39 is 28.5 Å². The Morgan fingerprint density at radius 3 is 2.25 bits per heavy atom. The van der Waals surface area contributed by atoms with E-state index in [9.17, 15) is 18.0 Å². The van der Waals surface area contributed by atoms with Crippen molar-refractivity contribution < 1.29 is 22.7 Å². The van der Waals surface area contributed by atoms with Crippen molar-refractivity contribution >= 4 is 50.7 Å². The Morgan fingerprint density at radius 1 is 1.00 bits per heavy atom. The number of aryl methyl sites for hydroxylation is 1. The fourth-order valence-corrected chi connectivity index (χ4v) is 5.79. The first-order chi connectivity index (χ1) is 19.0. The summed E-state index contributed by atoms with van der Waals surface area (Å²) in [6, 6.07) is 16.8. The highest BCUT2D eigenvalue weighted by Gasteiger charge is 2.33. The lowest BCUT2D eigenvalue weighted by atomic mass is 10.1. The lowest BCUT2D eigenvalue weighted by Crippen LogP contribution is -2.51. The molecule has 214 valence electrons. The molecule has 0 spiro atoms. The highest BCUT2D eigenvalue weighted by Crippen LogP contribution is 2.33. The Kier molecular flexibility index (Phi) is 10.8. The summed E-state index contributed by atoms with van der Waals surface area (Å²) in [6.07, 6.45) is 0.723. The van der Waals surface area contributed by atoms with Crippen LogP contribution in [-0.2, 0) is 26.2 Å². The largest absolute Gasteiger partial charge is 0.497 e. The predicted molar refractivity (Wildman–Crippen MR) is 158 cm³/mol. The molecule has 3 aromatic rings. The SMILES string of the molecule is CCCNC(=O)C(C)N(Cc1ccc(OC)cc1)C(=O)CN(c1cc(Cl)ccc1Cl)S(=O)(=O)c1ccc(C)cc1. The number of halogens is 2. The number of ether oxygens (including phenoxy) is 1. The molecule has 1 unspecified atom stereocenters. The number of hydrogen-bond donors (Lipinski definition) is 1. The molecule has 3 aromatic carbocycles. The molecule has 0 aliphatic carbocycles. The Morgan fingerprint density at radius 2 is 1.65 bits per heavy atom. The van der Waals surface area contributed by atoms with Gasteiger partial charge in [-0.25, -0.2) is 8.42 Å². The number of sulfonamides is 1. The van der Waals surface area contributed by atoms with Gasteiger partial charge in [-0.3, -0.25) is 13.9 Å². The standard InChI is InChI=1S/C29H33Cl2N3O5S/c1-5-16-32-29(36)21(3)33(18-22-8-11-24(39-4)12-9-22)28(35)19-34(27-17-23(30)10-15-26(27)31)40(37,38)25-13-6-20(2)7-14-25/h6-15,17,21H,5,16,18-19H2,1-4H3,(H,32,36). The van der Waals surface area contributed by atoms with Gasteiger partial charge in [0.05, 0.1) is 22.7 Å². The van der Waals surface area contributed by atoms with Gasteiger partial charge in [0, 0.05) is 18.1 Å². The number of nitrogens with zero attached hydrogens (tertiary/aromatic N) is 2. The number of amides is 2. The summed E-state index contributed by atoms with van der Waals surface area (Å²) >= 11 is 12.6. The monoisotopic (exact) mass is 605 g/mol. The summed E-state index contributed by atoms with van der Waals surface area (Å²) in [4.78, 5) is 28.2. The highest BCUT2D eigenvalue weighted by atomic mass is 35.5. The van der Waals surface area contributed by atoms with Crippen LogP contribution in [0.4, 0.5) is 5.69 Å². The van der Waals surface area contributed by atoms with Gasteiger partial charge < -0.3 is 15.0 Å². The predicted octanol–water partition coefficient (Wildman–Crippen LogP) is 5.45. The molecule has 0 radical (unpaired) electrons. The van der Waals surface area contributed by atoms with Crippen LogP contribution >= 0.6 is 23.2 Å². The zero-order valence-electron chi connectivity index (χ0n) is 22.9. The van der Waals surface area contributed by atoms with Crippen LogP contribution in [0.5, 0.6) is 5.75 Å². The van der Waals surface area contributed by atoms with Gasteiger partial charge in [-0.15, -0.1) is 0 Å². The lowest BCUT2D eigenvalue weighted by Gasteiger charge is -2.32. The van der Waals surface area contributed by atoms with Crippen molar-refractivity contribution in [3.8, 4) is 5.75 Å². The van der Waals surface area contributed by atoms with Gasteiger partial charge in [-0.05, 0) is 68.3 Å². The summed E-state index contributed by atoms with van der Waals surface area (Å²) in [6.45, 7) is 5.27. The van der Waals surface area contributed by atoms with Gasteiger partial charge in [-0.1, -0.05) is 60.0 Å². The number of benzene rings is 3. The van der Waals surface area contributed by atoms with E-state index in [-0.39, 0.29) is 33.1 Å². The van der Waals surface area contributed by atoms with Crippen molar-refractivity contribution in [2.75, 3.05) is 24.5 Å². The van der Waals surface area contributed by atoms with Gasteiger partial charge in [0.2, 0.25) is 11.8 Å². The average molecular weight is 607 g/mol. The van der Waals surface area contributed by atoms with Gasteiger partial charge in [0.15, 0.2) is 0 Å². The Hall–Kier alpha value is -3.27. The number of anilines is 1. The smallest absolute Gasteiger partial charge is 0.264 e. The first-order valence-corrected chi connectivity index (χ1v) is 14.9. The molecule has 0 bridgehead atoms. The van der Waals surface area contributed by atoms with Crippen molar-refractivity contribution in [2.24, 2.45) is 0 Å². The normalized spacial score (nSPS) is 11.9. The number of carbonyl (C=O) groups excluding carboxylic acids is 2. The first kappa shape index (κ1) is 31.3. The van der Waals surface area contributed by atoms with Crippen LogP contribution in [0.1, 0.15) is 31.4 Å². The van der Waals surface area contributed by atoms with Crippen LogP contribution in [0, 0.1) is 6.92 Å². The second-order valence-corrected chi connectivity index (χ2v) is 12.0. The molecule has 2 amide bonds. The zero-order chi connectivity index (χ0) is 29.4. The second kappa shape index (κ2) is 13.9. The van der Waals surface area contributed by atoms with E-state index in [0.717, 1.165) is 21.9 Å². The lowest BCUT2D eigenvalue weighted by molar-refractivity contribution is -0.139. The van der Waals surface area contributed by atoms with Crippen molar-refractivity contribution in [1.29, 1.82) is 0 Å². The summed E-state index contributed by atoms with van der Waals surface area (Å²) in [5.74, 6) is -0.305. The van der Waals surface area contributed by atoms with Crippen LogP contribution < -0.4 is 14.4 Å². The molecular formula is C29H33Cl2N3O5S. The number of hydrogen-bond acceptors (Lipinski definition) is 5.